The molecule has 0 saturated carbocycles. The normalized spacial score (nSPS) is 9.88. The van der Waals surface area contributed by atoms with Crippen LogP contribution in [-0.4, -0.2) is 33.5 Å². The number of ether oxygens (including phenoxy) is 2. The van der Waals surface area contributed by atoms with Crippen molar-refractivity contribution < 1.29 is 9.47 Å². The first-order valence-electron chi connectivity index (χ1n) is 5.67. The van der Waals surface area contributed by atoms with Gasteiger partial charge < -0.3 is 14.8 Å². The van der Waals surface area contributed by atoms with Crippen LogP contribution < -0.4 is 5.32 Å². The zero-order chi connectivity index (χ0) is 12.3. The molecule has 0 saturated heterocycles. The molecule has 0 atom stereocenters. The first-order valence-corrected chi connectivity index (χ1v) is 5.67. The van der Waals surface area contributed by atoms with Gasteiger partial charge in [-0.3, -0.25) is 0 Å². The van der Waals surface area contributed by atoms with E-state index in [0.717, 1.165) is 25.3 Å². The highest BCUT2D eigenvalue weighted by Gasteiger charge is 1.93. The van der Waals surface area contributed by atoms with Gasteiger partial charge in [0.15, 0.2) is 0 Å². The summed E-state index contributed by atoms with van der Waals surface area (Å²) in [7, 11) is 1.66. The van der Waals surface area contributed by atoms with Gasteiger partial charge in [-0.15, -0.1) is 0 Å². The van der Waals surface area contributed by atoms with Crippen molar-refractivity contribution in [2.24, 2.45) is 0 Å². The number of nitrogens with one attached hydrogen (secondary N) is 1. The number of benzene rings is 1. The molecule has 92 valence electrons. The van der Waals surface area contributed by atoms with Gasteiger partial charge in [0.05, 0.1) is 24.8 Å². The smallest absolute Gasteiger partial charge is 0.0991 e. The van der Waals surface area contributed by atoms with Gasteiger partial charge in [0.25, 0.3) is 0 Å². The Hall–Kier alpha value is -1.57. The van der Waals surface area contributed by atoms with Crippen LogP contribution in [0, 0.1) is 11.3 Å². The molecule has 0 spiro atoms. The molecule has 0 aliphatic heterocycles. The number of methoxy groups -OCH3 is 1. The maximum atomic E-state index is 8.65. The molecule has 0 aliphatic carbocycles. The van der Waals surface area contributed by atoms with E-state index in [1.807, 2.05) is 12.1 Å². The molecule has 4 heteroatoms. The van der Waals surface area contributed by atoms with Gasteiger partial charge >= 0.3 is 0 Å². The molecule has 1 N–H and O–H groups in total. The van der Waals surface area contributed by atoms with Gasteiger partial charge in [-0.2, -0.15) is 5.26 Å². The molecule has 0 unspecified atom stereocenters. The lowest BCUT2D eigenvalue weighted by Crippen LogP contribution is -2.08. The third kappa shape index (κ3) is 5.91. The van der Waals surface area contributed by atoms with Gasteiger partial charge in [0, 0.05) is 25.9 Å². The molecule has 0 fully saturated rings. The fourth-order valence-electron chi connectivity index (χ4n) is 1.31. The minimum Gasteiger partial charge on any atom is -0.385 e. The Labute approximate surface area is 102 Å². The van der Waals surface area contributed by atoms with E-state index in [-0.39, 0.29) is 0 Å². The average molecular weight is 234 g/mol. The first kappa shape index (κ1) is 13.5. The highest BCUT2D eigenvalue weighted by molar-refractivity contribution is 5.46. The Morgan fingerprint density at radius 2 is 1.94 bits per heavy atom. The summed E-state index contributed by atoms with van der Waals surface area (Å²) in [5, 5.41) is 11.9. The van der Waals surface area contributed by atoms with Crippen LogP contribution in [0.4, 0.5) is 5.69 Å². The summed E-state index contributed by atoms with van der Waals surface area (Å²) in [5.41, 5.74) is 1.71. The summed E-state index contributed by atoms with van der Waals surface area (Å²) in [5.74, 6) is 0. The van der Waals surface area contributed by atoms with Crippen LogP contribution in [0.15, 0.2) is 24.3 Å². The predicted molar refractivity (Wildman–Crippen MR) is 67.0 cm³/mol. The second kappa shape index (κ2) is 8.57. The summed E-state index contributed by atoms with van der Waals surface area (Å²) in [6, 6.07) is 9.51. The fourth-order valence-corrected chi connectivity index (χ4v) is 1.31. The SMILES string of the molecule is COCCOCCCNc1ccc(C#N)cc1. The standard InChI is InChI=1S/C13H18N2O2/c1-16-9-10-17-8-2-7-15-13-5-3-12(11-14)4-6-13/h3-6,15H,2,7-10H2,1H3. The number of nitrogens with zero attached hydrogens (tertiary/aromatic N) is 1. The number of anilines is 1. The highest BCUT2D eigenvalue weighted by Crippen LogP contribution is 2.08. The summed E-state index contributed by atoms with van der Waals surface area (Å²) < 4.78 is 10.2. The number of hydrogen-bond donors (Lipinski definition) is 1. The quantitative estimate of drug-likeness (QED) is 0.699. The summed E-state index contributed by atoms with van der Waals surface area (Å²) in [6.07, 6.45) is 0.948. The van der Waals surface area contributed by atoms with Crippen molar-refractivity contribution in [1.82, 2.24) is 0 Å². The van der Waals surface area contributed by atoms with Crippen molar-refractivity contribution in [3.63, 3.8) is 0 Å². The maximum Gasteiger partial charge on any atom is 0.0991 e. The molecule has 0 heterocycles. The monoisotopic (exact) mass is 234 g/mol. The van der Waals surface area contributed by atoms with Crippen LogP contribution in [-0.2, 0) is 9.47 Å². The molecule has 0 radical (unpaired) electrons. The van der Waals surface area contributed by atoms with Crippen LogP contribution in [0.3, 0.4) is 0 Å². The van der Waals surface area contributed by atoms with Crippen LogP contribution >= 0.6 is 0 Å². The van der Waals surface area contributed by atoms with Gasteiger partial charge in [-0.25, -0.2) is 0 Å². The van der Waals surface area contributed by atoms with Crippen LogP contribution in [0.25, 0.3) is 0 Å². The van der Waals surface area contributed by atoms with Gasteiger partial charge in [0.1, 0.15) is 0 Å². The molecule has 4 nitrogen and oxygen atoms in total. The molecular formula is C13H18N2O2. The van der Waals surface area contributed by atoms with Gasteiger partial charge in [-0.05, 0) is 30.7 Å². The summed E-state index contributed by atoms with van der Waals surface area (Å²) >= 11 is 0. The van der Waals surface area contributed by atoms with Crippen LogP contribution in [0.1, 0.15) is 12.0 Å². The van der Waals surface area contributed by atoms with Crippen molar-refractivity contribution in [3.05, 3.63) is 29.8 Å². The molecule has 1 rings (SSSR count). The lowest BCUT2D eigenvalue weighted by atomic mass is 10.2. The third-order valence-electron chi connectivity index (χ3n) is 2.24. The van der Waals surface area contributed by atoms with Crippen LogP contribution in [0.2, 0.25) is 0 Å². The molecule has 1 aromatic carbocycles. The van der Waals surface area contributed by atoms with E-state index in [2.05, 4.69) is 11.4 Å². The molecule has 17 heavy (non-hydrogen) atoms. The van der Waals surface area contributed by atoms with E-state index in [1.165, 1.54) is 0 Å². The predicted octanol–water partition coefficient (Wildman–Crippen LogP) is 2.02. The Bertz CT molecular complexity index is 343. The van der Waals surface area contributed by atoms with E-state index in [1.54, 1.807) is 19.2 Å². The zero-order valence-corrected chi connectivity index (χ0v) is 10.1. The van der Waals surface area contributed by atoms with Crippen molar-refractivity contribution in [2.75, 3.05) is 38.8 Å². The highest BCUT2D eigenvalue weighted by atomic mass is 16.5. The Balaban J connectivity index is 2.08. The molecule has 0 aliphatic rings. The number of nitriles is 1. The topological polar surface area (TPSA) is 54.3 Å². The largest absolute Gasteiger partial charge is 0.385 e. The second-order valence-electron chi connectivity index (χ2n) is 3.57. The Kier molecular flexibility index (Phi) is 6.80. The summed E-state index contributed by atoms with van der Waals surface area (Å²) in [6.45, 7) is 2.88. The fraction of sp³-hybridized carbons (Fsp3) is 0.462. The van der Waals surface area contributed by atoms with E-state index in [9.17, 15) is 0 Å². The minimum absolute atomic E-state index is 0.642. The zero-order valence-electron chi connectivity index (χ0n) is 10.1. The molecule has 0 amide bonds. The second-order valence-corrected chi connectivity index (χ2v) is 3.57. The first-order chi connectivity index (χ1) is 8.36. The van der Waals surface area contributed by atoms with E-state index >= 15 is 0 Å². The van der Waals surface area contributed by atoms with E-state index in [4.69, 9.17) is 14.7 Å². The maximum absolute atomic E-state index is 8.65. The molecule has 0 bridgehead atoms. The average Bonchev–Trinajstić information content (AvgIpc) is 2.38. The lowest BCUT2D eigenvalue weighted by Gasteiger charge is -2.06. The Morgan fingerprint density at radius 1 is 1.18 bits per heavy atom. The van der Waals surface area contributed by atoms with Crippen molar-refractivity contribution >= 4 is 5.69 Å². The lowest BCUT2D eigenvalue weighted by molar-refractivity contribution is 0.0705. The number of hydrogen-bond acceptors (Lipinski definition) is 4. The van der Waals surface area contributed by atoms with Gasteiger partial charge in [-0.1, -0.05) is 0 Å². The van der Waals surface area contributed by atoms with E-state index in [0.29, 0.717) is 18.8 Å². The number of rotatable bonds is 8. The summed E-state index contributed by atoms with van der Waals surface area (Å²) in [4.78, 5) is 0. The van der Waals surface area contributed by atoms with Gasteiger partial charge in [0.2, 0.25) is 0 Å². The molecule has 1 aromatic rings. The third-order valence-corrected chi connectivity index (χ3v) is 2.24. The van der Waals surface area contributed by atoms with Crippen LogP contribution in [0.5, 0.6) is 0 Å². The molecular weight excluding hydrogens is 216 g/mol. The van der Waals surface area contributed by atoms with Crippen molar-refractivity contribution in [3.8, 4) is 6.07 Å². The Morgan fingerprint density at radius 3 is 2.59 bits per heavy atom. The van der Waals surface area contributed by atoms with Crippen molar-refractivity contribution in [2.45, 2.75) is 6.42 Å². The molecule has 0 aromatic heterocycles. The van der Waals surface area contributed by atoms with E-state index < -0.39 is 0 Å². The minimum atomic E-state index is 0.642. The van der Waals surface area contributed by atoms with Crippen molar-refractivity contribution in [1.29, 1.82) is 5.26 Å².